The molecule has 0 spiro atoms. The lowest BCUT2D eigenvalue weighted by atomic mass is 10.0. The first-order valence-corrected chi connectivity index (χ1v) is 24.6. The molecule has 0 saturated carbocycles. The lowest BCUT2D eigenvalue weighted by Crippen LogP contribution is -2.46. The lowest BCUT2D eigenvalue weighted by molar-refractivity contribution is -0.123. The van der Waals surface area contributed by atoms with Gasteiger partial charge in [-0.3, -0.25) is 13.8 Å². The van der Waals surface area contributed by atoms with Gasteiger partial charge in [-0.05, 0) is 12.8 Å². The highest BCUT2D eigenvalue weighted by Crippen LogP contribution is 2.43. The largest absolute Gasteiger partial charge is 0.472 e. The second kappa shape index (κ2) is 41.1. The van der Waals surface area contributed by atoms with Crippen LogP contribution in [0.1, 0.15) is 245 Å². The molecule has 3 atom stereocenters. The van der Waals surface area contributed by atoms with Crippen molar-refractivity contribution in [2.45, 2.75) is 257 Å². The first-order valence-electron chi connectivity index (χ1n) is 23.2. The standard InChI is InChI=1S/C44H91N2O6P/c1-3-5-7-9-11-13-15-16-17-18-19-20-21-22-23-24-25-26-27-28-30-32-34-36-38-44(48)46-42(41-52-53(49,50)51-40-39-45)43(47)37-35-33-31-29-14-12-10-8-6-4-2/h42-43,47H,3-41,45H2,1-2H3,(H,46,48)(H,49,50)/t42-,43+/m0/s1. The van der Waals surface area contributed by atoms with E-state index in [0.717, 1.165) is 38.5 Å². The first kappa shape index (κ1) is 52.5. The van der Waals surface area contributed by atoms with Gasteiger partial charge in [-0.25, -0.2) is 4.57 Å². The average molecular weight is 775 g/mol. The van der Waals surface area contributed by atoms with Gasteiger partial charge in [0.1, 0.15) is 0 Å². The van der Waals surface area contributed by atoms with E-state index in [0.29, 0.717) is 12.8 Å². The van der Waals surface area contributed by atoms with E-state index in [4.69, 9.17) is 14.8 Å². The van der Waals surface area contributed by atoms with Crippen LogP contribution in [0.15, 0.2) is 0 Å². The number of aliphatic hydroxyl groups excluding tert-OH is 1. The molecule has 5 N–H and O–H groups in total. The van der Waals surface area contributed by atoms with Crippen molar-refractivity contribution in [2.24, 2.45) is 5.73 Å². The van der Waals surface area contributed by atoms with E-state index in [1.165, 1.54) is 180 Å². The highest BCUT2D eigenvalue weighted by atomic mass is 31.2. The van der Waals surface area contributed by atoms with Crippen LogP contribution in [0.25, 0.3) is 0 Å². The second-order valence-corrected chi connectivity index (χ2v) is 17.4. The van der Waals surface area contributed by atoms with Gasteiger partial charge in [-0.15, -0.1) is 0 Å². The molecule has 0 aromatic rings. The predicted molar refractivity (Wildman–Crippen MR) is 226 cm³/mol. The van der Waals surface area contributed by atoms with Gasteiger partial charge in [0, 0.05) is 13.0 Å². The van der Waals surface area contributed by atoms with Crippen LogP contribution in [0, 0.1) is 0 Å². The number of rotatable bonds is 44. The maximum Gasteiger partial charge on any atom is 0.472 e. The van der Waals surface area contributed by atoms with E-state index in [-0.39, 0.29) is 25.7 Å². The zero-order valence-corrected chi connectivity index (χ0v) is 36.2. The van der Waals surface area contributed by atoms with Crippen LogP contribution in [0.3, 0.4) is 0 Å². The van der Waals surface area contributed by atoms with Crippen LogP contribution in [0.4, 0.5) is 0 Å². The van der Waals surface area contributed by atoms with E-state index in [1.54, 1.807) is 0 Å². The fourth-order valence-corrected chi connectivity index (χ4v) is 7.96. The summed E-state index contributed by atoms with van der Waals surface area (Å²) in [6.07, 6.45) is 44.2. The Morgan fingerprint density at radius 3 is 1.21 bits per heavy atom. The van der Waals surface area contributed by atoms with Crippen molar-refractivity contribution in [2.75, 3.05) is 19.8 Å². The van der Waals surface area contributed by atoms with Gasteiger partial charge in [0.15, 0.2) is 0 Å². The summed E-state index contributed by atoms with van der Waals surface area (Å²) < 4.78 is 22.1. The maximum absolute atomic E-state index is 12.8. The summed E-state index contributed by atoms with van der Waals surface area (Å²) >= 11 is 0. The Morgan fingerprint density at radius 2 is 0.868 bits per heavy atom. The van der Waals surface area contributed by atoms with Crippen molar-refractivity contribution in [1.29, 1.82) is 0 Å². The molecule has 1 amide bonds. The Balaban J connectivity index is 3.92. The SMILES string of the molecule is CCCCCCCCCCCCCCCCCCCCCCCCCCC(=O)N[C@@H](COP(=O)(O)OCCN)[C@H](O)CCCCCCCCCCCC. The molecule has 318 valence electrons. The zero-order valence-electron chi connectivity index (χ0n) is 35.3. The van der Waals surface area contributed by atoms with E-state index in [9.17, 15) is 19.4 Å². The minimum atomic E-state index is -4.30. The van der Waals surface area contributed by atoms with Gasteiger partial charge in [0.05, 0.1) is 25.4 Å². The lowest BCUT2D eigenvalue weighted by Gasteiger charge is -2.25. The Labute approximate surface area is 329 Å². The summed E-state index contributed by atoms with van der Waals surface area (Å²) in [5, 5.41) is 13.8. The average Bonchev–Trinajstić information content (AvgIpc) is 3.14. The number of amides is 1. The van der Waals surface area contributed by atoms with E-state index in [1.807, 2.05) is 0 Å². The van der Waals surface area contributed by atoms with Crippen molar-refractivity contribution in [3.05, 3.63) is 0 Å². The minimum absolute atomic E-state index is 0.0923. The van der Waals surface area contributed by atoms with Gasteiger partial charge in [0.2, 0.25) is 5.91 Å². The van der Waals surface area contributed by atoms with Crippen molar-refractivity contribution < 1.29 is 28.4 Å². The molecule has 0 aliphatic heterocycles. The third kappa shape index (κ3) is 39.5. The van der Waals surface area contributed by atoms with Gasteiger partial charge in [-0.1, -0.05) is 226 Å². The van der Waals surface area contributed by atoms with Crippen molar-refractivity contribution >= 4 is 13.7 Å². The number of phosphoric acid groups is 1. The van der Waals surface area contributed by atoms with E-state index < -0.39 is 20.0 Å². The molecule has 53 heavy (non-hydrogen) atoms. The third-order valence-electron chi connectivity index (χ3n) is 10.7. The quantitative estimate of drug-likeness (QED) is 0.0358. The second-order valence-electron chi connectivity index (χ2n) is 16.0. The van der Waals surface area contributed by atoms with Gasteiger partial charge >= 0.3 is 7.82 Å². The number of unbranched alkanes of at least 4 members (excludes halogenated alkanes) is 32. The summed E-state index contributed by atoms with van der Waals surface area (Å²) in [6, 6.07) is -0.766. The van der Waals surface area contributed by atoms with E-state index in [2.05, 4.69) is 19.2 Å². The Hall–Kier alpha value is -0.500. The van der Waals surface area contributed by atoms with Crippen LogP contribution in [-0.2, 0) is 18.4 Å². The van der Waals surface area contributed by atoms with Crippen LogP contribution < -0.4 is 11.1 Å². The molecule has 8 nitrogen and oxygen atoms in total. The van der Waals surface area contributed by atoms with Crippen molar-refractivity contribution in [3.63, 3.8) is 0 Å². The third-order valence-corrected chi connectivity index (χ3v) is 11.7. The normalized spacial score (nSPS) is 14.0. The molecule has 0 radical (unpaired) electrons. The number of aliphatic hydroxyl groups is 1. The summed E-state index contributed by atoms with van der Waals surface area (Å²) in [6.45, 7) is 4.22. The molecule has 0 fully saturated rings. The summed E-state index contributed by atoms with van der Waals surface area (Å²) in [5.74, 6) is -0.157. The molecule has 0 saturated heterocycles. The van der Waals surface area contributed by atoms with Crippen LogP contribution in [0.5, 0.6) is 0 Å². The Morgan fingerprint density at radius 1 is 0.547 bits per heavy atom. The number of carbonyl (C=O) groups excluding carboxylic acids is 1. The Bertz CT molecular complexity index is 804. The summed E-state index contributed by atoms with van der Waals surface area (Å²) in [4.78, 5) is 22.7. The van der Waals surface area contributed by atoms with Gasteiger partial charge in [-0.2, -0.15) is 0 Å². The molecular formula is C44H91N2O6P. The number of carbonyl (C=O) groups is 1. The zero-order chi connectivity index (χ0) is 38.9. The number of phosphoric ester groups is 1. The highest BCUT2D eigenvalue weighted by Gasteiger charge is 2.27. The molecule has 0 aromatic heterocycles. The molecule has 0 bridgehead atoms. The molecular weight excluding hydrogens is 683 g/mol. The number of hydrogen-bond donors (Lipinski definition) is 4. The van der Waals surface area contributed by atoms with Crippen LogP contribution in [0.2, 0.25) is 0 Å². The first-order chi connectivity index (χ1) is 25.9. The van der Waals surface area contributed by atoms with Crippen molar-refractivity contribution in [1.82, 2.24) is 5.32 Å². The molecule has 0 aliphatic rings. The van der Waals surface area contributed by atoms with Gasteiger partial charge < -0.3 is 21.1 Å². The molecule has 0 aliphatic carbocycles. The summed E-state index contributed by atoms with van der Waals surface area (Å²) in [7, 11) is -4.30. The topological polar surface area (TPSA) is 131 Å². The highest BCUT2D eigenvalue weighted by molar-refractivity contribution is 7.47. The Kier molecular flexibility index (Phi) is 40.8. The smallest absolute Gasteiger partial charge is 0.391 e. The maximum atomic E-state index is 12.8. The summed E-state index contributed by atoms with van der Waals surface area (Å²) in [5.41, 5.74) is 5.37. The van der Waals surface area contributed by atoms with Crippen LogP contribution >= 0.6 is 7.82 Å². The fraction of sp³-hybridized carbons (Fsp3) is 0.977. The monoisotopic (exact) mass is 775 g/mol. The van der Waals surface area contributed by atoms with E-state index >= 15 is 0 Å². The number of nitrogens with two attached hydrogens (primary N) is 1. The molecule has 0 aromatic carbocycles. The minimum Gasteiger partial charge on any atom is -0.391 e. The van der Waals surface area contributed by atoms with Crippen molar-refractivity contribution in [3.8, 4) is 0 Å². The molecule has 0 heterocycles. The van der Waals surface area contributed by atoms with Gasteiger partial charge in [0.25, 0.3) is 0 Å². The molecule has 1 unspecified atom stereocenters. The number of nitrogens with one attached hydrogen (secondary N) is 1. The fourth-order valence-electron chi connectivity index (χ4n) is 7.20. The number of hydrogen-bond acceptors (Lipinski definition) is 6. The van der Waals surface area contributed by atoms with Crippen LogP contribution in [-0.4, -0.2) is 47.8 Å². The molecule has 0 rings (SSSR count). The predicted octanol–water partition coefficient (Wildman–Crippen LogP) is 13.0. The molecule has 9 heteroatoms.